The molecule has 1 heterocycles. The van der Waals surface area contributed by atoms with E-state index in [-0.39, 0.29) is 12.5 Å². The summed E-state index contributed by atoms with van der Waals surface area (Å²) in [5.74, 6) is -0.0185. The Kier molecular flexibility index (Phi) is 5.95. The SMILES string of the molecule is CN(CC(=O)N(CCC#N)c1ccccc1)Cc1nc2ccccc2s1. The molecule has 0 atom stereocenters. The number of carbonyl (C=O) groups excluding carboxylic acids is 1. The Bertz CT molecular complexity index is 883. The highest BCUT2D eigenvalue weighted by atomic mass is 32.1. The van der Waals surface area contributed by atoms with Crippen LogP contribution in [-0.2, 0) is 11.3 Å². The van der Waals surface area contributed by atoms with Gasteiger partial charge in [0.1, 0.15) is 5.01 Å². The molecule has 1 amide bonds. The third kappa shape index (κ3) is 4.45. The molecular weight excluding hydrogens is 344 g/mol. The van der Waals surface area contributed by atoms with Crippen LogP contribution in [0.1, 0.15) is 11.4 Å². The molecule has 26 heavy (non-hydrogen) atoms. The van der Waals surface area contributed by atoms with E-state index < -0.39 is 0 Å². The van der Waals surface area contributed by atoms with E-state index in [1.807, 2.05) is 60.5 Å². The van der Waals surface area contributed by atoms with E-state index in [2.05, 4.69) is 17.1 Å². The first kappa shape index (κ1) is 18.1. The Hall–Kier alpha value is -2.75. The topological polar surface area (TPSA) is 60.2 Å². The van der Waals surface area contributed by atoms with Gasteiger partial charge in [-0.15, -0.1) is 11.3 Å². The van der Waals surface area contributed by atoms with Gasteiger partial charge in [-0.3, -0.25) is 9.69 Å². The van der Waals surface area contributed by atoms with Gasteiger partial charge in [0.15, 0.2) is 0 Å². The van der Waals surface area contributed by atoms with Gasteiger partial charge in [0.25, 0.3) is 0 Å². The number of rotatable bonds is 7. The molecule has 0 aliphatic rings. The van der Waals surface area contributed by atoms with E-state index in [4.69, 9.17) is 5.26 Å². The van der Waals surface area contributed by atoms with Gasteiger partial charge in [-0.05, 0) is 31.3 Å². The first-order valence-corrected chi connectivity index (χ1v) is 9.24. The second-order valence-corrected chi connectivity index (χ2v) is 7.15. The van der Waals surface area contributed by atoms with Crippen molar-refractivity contribution < 1.29 is 4.79 Å². The molecule has 0 aliphatic carbocycles. The number of nitrogens with zero attached hydrogens (tertiary/aromatic N) is 4. The average Bonchev–Trinajstić information content (AvgIpc) is 3.05. The van der Waals surface area contributed by atoms with Crippen molar-refractivity contribution in [2.75, 3.05) is 25.0 Å². The van der Waals surface area contributed by atoms with E-state index in [1.165, 1.54) is 0 Å². The van der Waals surface area contributed by atoms with Crippen LogP contribution in [-0.4, -0.2) is 35.9 Å². The maximum Gasteiger partial charge on any atom is 0.241 e. The molecular formula is C20H20N4OS. The van der Waals surface area contributed by atoms with Crippen LogP contribution < -0.4 is 4.90 Å². The Balaban J connectivity index is 1.67. The number of anilines is 1. The number of hydrogen-bond acceptors (Lipinski definition) is 5. The molecule has 0 N–H and O–H groups in total. The molecule has 2 aromatic carbocycles. The summed E-state index contributed by atoms with van der Waals surface area (Å²) >= 11 is 1.65. The molecule has 3 aromatic rings. The predicted molar refractivity (Wildman–Crippen MR) is 105 cm³/mol. The molecule has 3 rings (SSSR count). The molecule has 0 aliphatic heterocycles. The number of aromatic nitrogens is 1. The molecule has 0 saturated heterocycles. The Morgan fingerprint density at radius 2 is 1.88 bits per heavy atom. The fourth-order valence-electron chi connectivity index (χ4n) is 2.76. The lowest BCUT2D eigenvalue weighted by Crippen LogP contribution is -2.39. The van der Waals surface area contributed by atoms with Crippen LogP contribution in [0.2, 0.25) is 0 Å². The van der Waals surface area contributed by atoms with Crippen LogP contribution >= 0.6 is 11.3 Å². The van der Waals surface area contributed by atoms with Gasteiger partial charge in [-0.1, -0.05) is 30.3 Å². The average molecular weight is 364 g/mol. The van der Waals surface area contributed by atoms with Gasteiger partial charge in [0, 0.05) is 12.2 Å². The minimum absolute atomic E-state index is 0.0185. The predicted octanol–water partition coefficient (Wildman–Crippen LogP) is 3.67. The van der Waals surface area contributed by atoms with Crippen molar-refractivity contribution in [3.05, 3.63) is 59.6 Å². The van der Waals surface area contributed by atoms with Gasteiger partial charge in [0.2, 0.25) is 5.91 Å². The van der Waals surface area contributed by atoms with Gasteiger partial charge in [-0.25, -0.2) is 4.98 Å². The minimum Gasteiger partial charge on any atom is -0.310 e. The highest BCUT2D eigenvalue weighted by Gasteiger charge is 2.18. The number of fused-ring (bicyclic) bond motifs is 1. The van der Waals surface area contributed by atoms with E-state index in [1.54, 1.807) is 16.2 Å². The van der Waals surface area contributed by atoms with Crippen molar-refractivity contribution in [2.45, 2.75) is 13.0 Å². The zero-order valence-corrected chi connectivity index (χ0v) is 15.4. The van der Waals surface area contributed by atoms with Crippen LogP contribution in [0.25, 0.3) is 10.2 Å². The van der Waals surface area contributed by atoms with Gasteiger partial charge in [-0.2, -0.15) is 5.26 Å². The number of hydrogen-bond donors (Lipinski definition) is 0. The summed E-state index contributed by atoms with van der Waals surface area (Å²) in [5.41, 5.74) is 1.81. The fraction of sp³-hybridized carbons (Fsp3) is 0.250. The van der Waals surface area contributed by atoms with Gasteiger partial charge in [0.05, 0.1) is 35.8 Å². The summed E-state index contributed by atoms with van der Waals surface area (Å²) in [7, 11) is 1.91. The molecule has 0 spiro atoms. The van der Waals surface area contributed by atoms with Crippen molar-refractivity contribution in [3.63, 3.8) is 0 Å². The van der Waals surface area contributed by atoms with E-state index in [0.717, 1.165) is 20.9 Å². The number of thiazole rings is 1. The summed E-state index contributed by atoms with van der Waals surface area (Å²) < 4.78 is 1.15. The normalized spacial score (nSPS) is 10.8. The van der Waals surface area contributed by atoms with Crippen molar-refractivity contribution in [2.24, 2.45) is 0 Å². The first-order valence-electron chi connectivity index (χ1n) is 8.42. The molecule has 6 heteroatoms. The molecule has 132 valence electrons. The molecule has 0 saturated carbocycles. The second kappa shape index (κ2) is 8.56. The lowest BCUT2D eigenvalue weighted by molar-refractivity contribution is -0.119. The van der Waals surface area contributed by atoms with Crippen molar-refractivity contribution in [1.82, 2.24) is 9.88 Å². The Morgan fingerprint density at radius 1 is 1.15 bits per heavy atom. The Labute approximate surface area is 157 Å². The zero-order valence-electron chi connectivity index (χ0n) is 14.6. The number of benzene rings is 2. The number of carbonyl (C=O) groups is 1. The van der Waals surface area contributed by atoms with Gasteiger partial charge < -0.3 is 4.90 Å². The lowest BCUT2D eigenvalue weighted by Gasteiger charge is -2.24. The minimum atomic E-state index is -0.0185. The summed E-state index contributed by atoms with van der Waals surface area (Å²) in [6, 6.07) is 19.6. The molecule has 0 radical (unpaired) electrons. The number of likely N-dealkylation sites (N-methyl/N-ethyl adjacent to an activating group) is 1. The summed E-state index contributed by atoms with van der Waals surface area (Å²) in [5, 5.41) is 9.87. The summed E-state index contributed by atoms with van der Waals surface area (Å²) in [6.07, 6.45) is 0.308. The van der Waals surface area contributed by atoms with Crippen LogP contribution in [0, 0.1) is 11.3 Å². The monoisotopic (exact) mass is 364 g/mol. The summed E-state index contributed by atoms with van der Waals surface area (Å²) in [6.45, 7) is 1.29. The maximum atomic E-state index is 12.8. The summed E-state index contributed by atoms with van der Waals surface area (Å²) in [4.78, 5) is 21.0. The lowest BCUT2D eigenvalue weighted by atomic mass is 10.2. The Morgan fingerprint density at radius 3 is 2.62 bits per heavy atom. The number of nitriles is 1. The highest BCUT2D eigenvalue weighted by Crippen LogP contribution is 2.22. The van der Waals surface area contributed by atoms with Crippen LogP contribution in [0.4, 0.5) is 5.69 Å². The molecule has 0 bridgehead atoms. The highest BCUT2D eigenvalue weighted by molar-refractivity contribution is 7.18. The molecule has 1 aromatic heterocycles. The van der Waals surface area contributed by atoms with Crippen LogP contribution in [0.5, 0.6) is 0 Å². The second-order valence-electron chi connectivity index (χ2n) is 6.04. The quantitative estimate of drug-likeness (QED) is 0.642. The standard InChI is InChI=1S/C20H20N4OS/c1-23(14-19-22-17-10-5-6-11-18(17)26-19)15-20(25)24(13-7-12-21)16-8-3-2-4-9-16/h2-6,8-11H,7,13-15H2,1H3. The smallest absolute Gasteiger partial charge is 0.241 e. The van der Waals surface area contributed by atoms with Crippen molar-refractivity contribution in [3.8, 4) is 6.07 Å². The molecule has 5 nitrogen and oxygen atoms in total. The maximum absolute atomic E-state index is 12.8. The van der Waals surface area contributed by atoms with E-state index in [0.29, 0.717) is 19.5 Å². The largest absolute Gasteiger partial charge is 0.310 e. The molecule has 0 unspecified atom stereocenters. The van der Waals surface area contributed by atoms with Crippen molar-refractivity contribution in [1.29, 1.82) is 5.26 Å². The third-order valence-corrected chi connectivity index (χ3v) is 4.99. The first-order chi connectivity index (χ1) is 12.7. The fourth-order valence-corrected chi connectivity index (χ4v) is 3.81. The van der Waals surface area contributed by atoms with Crippen molar-refractivity contribution >= 4 is 33.1 Å². The number of para-hydroxylation sites is 2. The third-order valence-electron chi connectivity index (χ3n) is 3.96. The van der Waals surface area contributed by atoms with Crippen LogP contribution in [0.3, 0.4) is 0 Å². The van der Waals surface area contributed by atoms with E-state index >= 15 is 0 Å². The van der Waals surface area contributed by atoms with Gasteiger partial charge >= 0.3 is 0 Å². The van der Waals surface area contributed by atoms with E-state index in [9.17, 15) is 4.79 Å². The van der Waals surface area contributed by atoms with Crippen LogP contribution in [0.15, 0.2) is 54.6 Å². The molecule has 0 fully saturated rings. The number of amides is 1. The zero-order chi connectivity index (χ0) is 18.4.